The van der Waals surface area contributed by atoms with E-state index >= 15 is 0 Å². The summed E-state index contributed by atoms with van der Waals surface area (Å²) < 4.78 is 29.4. The Labute approximate surface area is 261 Å². The van der Waals surface area contributed by atoms with Gasteiger partial charge in [-0.2, -0.15) is 4.72 Å². The topological polar surface area (TPSA) is 235 Å². The molecule has 1 saturated heterocycles. The fourth-order valence-corrected chi connectivity index (χ4v) is 6.16. The Morgan fingerprint density at radius 2 is 1.76 bits per heavy atom. The van der Waals surface area contributed by atoms with Crippen molar-refractivity contribution in [1.29, 1.82) is 5.41 Å². The molecule has 16 heteroatoms. The van der Waals surface area contributed by atoms with Gasteiger partial charge in [-0.1, -0.05) is 30.3 Å². The second-order valence-corrected chi connectivity index (χ2v) is 12.6. The molecule has 0 spiro atoms. The third-order valence-electron chi connectivity index (χ3n) is 7.16. The van der Waals surface area contributed by atoms with Crippen molar-refractivity contribution in [3.63, 3.8) is 0 Å². The zero-order valence-corrected chi connectivity index (χ0v) is 25.9. The predicted molar refractivity (Wildman–Crippen MR) is 165 cm³/mol. The van der Waals surface area contributed by atoms with Gasteiger partial charge in [0.05, 0.1) is 24.5 Å². The van der Waals surface area contributed by atoms with Crippen LogP contribution in [-0.2, 0) is 29.2 Å². The van der Waals surface area contributed by atoms with Gasteiger partial charge in [-0.3, -0.25) is 24.6 Å². The molecule has 0 unspecified atom stereocenters. The Hall–Kier alpha value is -4.28. The zero-order chi connectivity index (χ0) is 33.1. The fourth-order valence-electron chi connectivity index (χ4n) is 4.93. The summed E-state index contributed by atoms with van der Waals surface area (Å²) in [5.74, 6) is -2.65. The van der Waals surface area contributed by atoms with Crippen molar-refractivity contribution in [2.45, 2.75) is 62.0 Å². The molecule has 0 radical (unpaired) electrons. The number of benzene rings is 2. The normalized spacial score (nSPS) is 16.9. The molecule has 4 rings (SSSR count). The number of piperidine rings is 1. The van der Waals surface area contributed by atoms with Gasteiger partial charge in [-0.25, -0.2) is 8.42 Å². The predicted octanol–water partition coefficient (Wildman–Crippen LogP) is -0.459. The van der Waals surface area contributed by atoms with Crippen LogP contribution in [0.3, 0.4) is 0 Å². The molecule has 2 aliphatic rings. The van der Waals surface area contributed by atoms with E-state index in [1.807, 2.05) is 12.1 Å². The third kappa shape index (κ3) is 11.0. The van der Waals surface area contributed by atoms with Crippen LogP contribution in [0.5, 0.6) is 0 Å². The summed E-state index contributed by atoms with van der Waals surface area (Å²) in [6, 6.07) is 9.82. The molecule has 2 fully saturated rings. The van der Waals surface area contributed by atoms with E-state index in [2.05, 4.69) is 15.4 Å². The Bertz CT molecular complexity index is 1490. The number of hydrogen-bond acceptors (Lipinski definition) is 8. The zero-order valence-electron chi connectivity index (χ0n) is 25.1. The molecule has 15 nitrogen and oxygen atoms in total. The lowest BCUT2D eigenvalue weighted by Crippen LogP contribution is -2.55. The molecule has 1 saturated carbocycles. The highest BCUT2D eigenvalue weighted by Crippen LogP contribution is 2.28. The highest BCUT2D eigenvalue weighted by atomic mass is 32.2. The maximum Gasteiger partial charge on any atom is 0.300 e. The van der Waals surface area contributed by atoms with Crippen LogP contribution < -0.4 is 21.1 Å². The molecule has 1 aliphatic carbocycles. The first kappa shape index (κ1) is 35.2. The lowest BCUT2D eigenvalue weighted by Gasteiger charge is -2.33. The number of aliphatic hydroxyl groups is 1. The number of rotatable bonds is 12. The number of nitrogens with one attached hydrogen (secondary N) is 4. The van der Waals surface area contributed by atoms with Crippen molar-refractivity contribution < 1.29 is 37.8 Å². The quantitative estimate of drug-likeness (QED) is 0.116. The van der Waals surface area contributed by atoms with Crippen LogP contribution in [0.1, 0.15) is 39.0 Å². The van der Waals surface area contributed by atoms with Gasteiger partial charge < -0.3 is 36.4 Å². The number of aliphatic carboxylic acids is 1. The molecular weight excluding hydrogens is 606 g/mol. The Kier molecular flexibility index (Phi) is 12.6. The minimum atomic E-state index is -4.24. The number of carboxylic acid groups (broad SMARTS) is 1. The van der Waals surface area contributed by atoms with Crippen LogP contribution in [-0.4, -0.2) is 109 Å². The average Bonchev–Trinajstić information content (AvgIpc) is 3.83. The molecule has 1 heterocycles. The summed E-state index contributed by atoms with van der Waals surface area (Å²) in [6.45, 7) is 1.45. The van der Waals surface area contributed by atoms with Crippen LogP contribution in [0, 0.1) is 5.41 Å². The number of hydrogen-bond donors (Lipinski definition) is 7. The van der Waals surface area contributed by atoms with E-state index in [9.17, 15) is 22.8 Å². The number of amides is 3. The molecule has 0 bridgehead atoms. The molecule has 246 valence electrons. The number of carboxylic acids is 1. The van der Waals surface area contributed by atoms with Gasteiger partial charge in [0.2, 0.25) is 27.7 Å². The molecule has 1 aliphatic heterocycles. The van der Waals surface area contributed by atoms with E-state index in [0.29, 0.717) is 44.2 Å². The number of fused-ring (bicyclic) bond motifs is 1. The number of likely N-dealkylation sites (tertiary alicyclic amines) is 1. The standard InChI is InChI=1S/C27H37N7O6S.C2H4O2/c28-27(29)33-12-3-6-20(16-33)31-24(36)15-23(26(38)34(21-8-9-21)17-25(37)30-11-13-35)32-41(39,40)22-10-7-18-4-1-2-5-19(18)14-22;1-2(3)4/h1-2,4-5,7,10,14,20-21,23,32,35H,3,6,8-9,11-13,15-17H2,(H3,28,29)(H,30,37)(H,31,36);1H3,(H,3,4)/t20-,23-;/m0./s1. The van der Waals surface area contributed by atoms with E-state index in [1.165, 1.54) is 17.0 Å². The SMILES string of the molecule is CC(=O)O.N=C(N)N1CCC[C@H](NC(=O)C[C@H](NS(=O)(=O)c2ccc3ccccc3c2)C(=O)N(CC(=O)NCCO)C2CC2)C1. The van der Waals surface area contributed by atoms with Gasteiger partial charge >= 0.3 is 0 Å². The largest absolute Gasteiger partial charge is 0.481 e. The number of nitrogens with two attached hydrogens (primary N) is 1. The number of carbonyl (C=O) groups is 4. The van der Waals surface area contributed by atoms with E-state index in [-0.39, 0.29) is 42.6 Å². The molecule has 3 amide bonds. The Morgan fingerprint density at radius 1 is 1.09 bits per heavy atom. The van der Waals surface area contributed by atoms with Crippen LogP contribution in [0.4, 0.5) is 0 Å². The van der Waals surface area contributed by atoms with E-state index in [1.54, 1.807) is 23.1 Å². The number of sulfonamides is 1. The highest BCUT2D eigenvalue weighted by Gasteiger charge is 2.39. The van der Waals surface area contributed by atoms with Crippen LogP contribution >= 0.6 is 0 Å². The van der Waals surface area contributed by atoms with Gasteiger partial charge in [0.1, 0.15) is 6.04 Å². The van der Waals surface area contributed by atoms with Gasteiger partial charge in [0.15, 0.2) is 5.96 Å². The molecule has 45 heavy (non-hydrogen) atoms. The highest BCUT2D eigenvalue weighted by molar-refractivity contribution is 7.89. The van der Waals surface area contributed by atoms with Gasteiger partial charge in [-0.05, 0) is 48.6 Å². The first-order valence-corrected chi connectivity index (χ1v) is 16.1. The first-order valence-electron chi connectivity index (χ1n) is 14.6. The minimum Gasteiger partial charge on any atom is -0.481 e. The summed E-state index contributed by atoms with van der Waals surface area (Å²) in [7, 11) is -4.24. The summed E-state index contributed by atoms with van der Waals surface area (Å²) in [5, 5.41) is 31.0. The second-order valence-electron chi connectivity index (χ2n) is 10.9. The van der Waals surface area contributed by atoms with Gasteiger partial charge in [0.25, 0.3) is 5.97 Å². The maximum absolute atomic E-state index is 13.8. The van der Waals surface area contributed by atoms with Crippen LogP contribution in [0.2, 0.25) is 0 Å². The summed E-state index contributed by atoms with van der Waals surface area (Å²) in [5.41, 5.74) is 5.60. The van der Waals surface area contributed by atoms with Crippen LogP contribution in [0.25, 0.3) is 10.8 Å². The second kappa shape index (κ2) is 16.2. The molecule has 2 aromatic rings. The Balaban J connectivity index is 0.00000130. The van der Waals surface area contributed by atoms with Crippen molar-refractivity contribution in [2.75, 3.05) is 32.8 Å². The molecule has 0 aromatic heterocycles. The number of guanidine groups is 1. The van der Waals surface area contributed by atoms with E-state index in [4.69, 9.17) is 26.2 Å². The third-order valence-corrected chi connectivity index (χ3v) is 8.63. The summed E-state index contributed by atoms with van der Waals surface area (Å²) in [4.78, 5) is 51.2. The van der Waals surface area contributed by atoms with Crippen molar-refractivity contribution in [2.24, 2.45) is 5.73 Å². The smallest absolute Gasteiger partial charge is 0.300 e. The van der Waals surface area contributed by atoms with Crippen molar-refractivity contribution >= 4 is 50.4 Å². The lowest BCUT2D eigenvalue weighted by molar-refractivity contribution is -0.139. The van der Waals surface area contributed by atoms with E-state index in [0.717, 1.165) is 12.3 Å². The van der Waals surface area contributed by atoms with Crippen molar-refractivity contribution in [3.05, 3.63) is 42.5 Å². The molecule has 2 aromatic carbocycles. The van der Waals surface area contributed by atoms with Crippen molar-refractivity contribution in [1.82, 2.24) is 25.2 Å². The number of aliphatic hydroxyl groups excluding tert-OH is 1. The monoisotopic (exact) mass is 647 g/mol. The minimum absolute atomic E-state index is 0.0185. The molecule has 2 atom stereocenters. The number of nitrogens with zero attached hydrogens (tertiary/aromatic N) is 2. The fraction of sp³-hybridized carbons (Fsp3) is 0.483. The molecular formula is C29H41N7O8S. The summed E-state index contributed by atoms with van der Waals surface area (Å²) >= 11 is 0. The number of carbonyl (C=O) groups excluding carboxylic acids is 3. The van der Waals surface area contributed by atoms with Gasteiger partial charge in [-0.15, -0.1) is 0 Å². The Morgan fingerprint density at radius 3 is 2.38 bits per heavy atom. The first-order chi connectivity index (χ1) is 21.3. The van der Waals surface area contributed by atoms with Crippen LogP contribution in [0.15, 0.2) is 47.4 Å². The summed E-state index contributed by atoms with van der Waals surface area (Å²) in [6.07, 6.45) is 2.18. The van der Waals surface area contributed by atoms with Gasteiger partial charge in [0, 0.05) is 38.6 Å². The maximum atomic E-state index is 13.8. The average molecular weight is 648 g/mol. The van der Waals surface area contributed by atoms with E-state index < -0.39 is 46.2 Å². The lowest BCUT2D eigenvalue weighted by atomic mass is 10.1. The molecule has 8 N–H and O–H groups in total. The van der Waals surface area contributed by atoms with Crippen molar-refractivity contribution in [3.8, 4) is 0 Å².